The first-order valence-electron chi connectivity index (χ1n) is 8.99. The molecule has 0 aliphatic rings. The topological polar surface area (TPSA) is 96.1 Å². The van der Waals surface area contributed by atoms with Crippen LogP contribution in [0.15, 0.2) is 35.8 Å². The smallest absolute Gasteiger partial charge is 0.408 e. The number of carbonyl (C=O) groups excluding carboxylic acids is 2. The summed E-state index contributed by atoms with van der Waals surface area (Å²) >= 11 is 1.34. The molecule has 0 unspecified atom stereocenters. The monoisotopic (exact) mass is 400 g/mol. The number of aromatic amines is 1. The summed E-state index contributed by atoms with van der Waals surface area (Å²) < 4.78 is 5.33. The van der Waals surface area contributed by atoms with Crippen molar-refractivity contribution in [1.82, 2.24) is 15.3 Å². The van der Waals surface area contributed by atoms with Gasteiger partial charge in [0, 0.05) is 28.9 Å². The largest absolute Gasteiger partial charge is 0.444 e. The number of rotatable bonds is 5. The minimum Gasteiger partial charge on any atom is -0.444 e. The number of carbonyl (C=O) groups is 2. The van der Waals surface area contributed by atoms with E-state index in [0.29, 0.717) is 11.6 Å². The maximum Gasteiger partial charge on any atom is 0.408 e. The van der Waals surface area contributed by atoms with Crippen molar-refractivity contribution < 1.29 is 14.3 Å². The standard InChI is InChI=1S/C20H24N4O3S/c1-12-11-28-18(22-12)24-17(25)16(23-19(26)27-20(2,3)4)9-13-10-21-15-8-6-5-7-14(13)15/h5-8,10-11,16,21H,9H2,1-4H3,(H,23,26)(H,22,24,25)/t16-/m0/s1. The van der Waals surface area contributed by atoms with Gasteiger partial charge in [-0.3, -0.25) is 4.79 Å². The molecule has 3 rings (SSSR count). The van der Waals surface area contributed by atoms with E-state index in [0.717, 1.165) is 22.2 Å². The van der Waals surface area contributed by atoms with Crippen LogP contribution in [0.1, 0.15) is 32.0 Å². The summed E-state index contributed by atoms with van der Waals surface area (Å²) in [7, 11) is 0. The molecule has 0 saturated carbocycles. The lowest BCUT2D eigenvalue weighted by Crippen LogP contribution is -2.47. The molecule has 3 aromatic rings. The van der Waals surface area contributed by atoms with Crippen LogP contribution in [-0.2, 0) is 16.0 Å². The third kappa shape index (κ3) is 5.10. The molecule has 2 aromatic heterocycles. The van der Waals surface area contributed by atoms with Crippen molar-refractivity contribution in [2.75, 3.05) is 5.32 Å². The van der Waals surface area contributed by atoms with Crippen LogP contribution >= 0.6 is 11.3 Å². The quantitative estimate of drug-likeness (QED) is 0.603. The fourth-order valence-corrected chi connectivity index (χ4v) is 3.47. The van der Waals surface area contributed by atoms with Gasteiger partial charge >= 0.3 is 6.09 Å². The van der Waals surface area contributed by atoms with Gasteiger partial charge in [-0.15, -0.1) is 11.3 Å². The molecule has 7 nitrogen and oxygen atoms in total. The highest BCUT2D eigenvalue weighted by atomic mass is 32.1. The first-order valence-corrected chi connectivity index (χ1v) is 9.87. The average molecular weight is 401 g/mol. The second kappa shape index (κ2) is 8.02. The van der Waals surface area contributed by atoms with E-state index in [1.807, 2.05) is 42.8 Å². The van der Waals surface area contributed by atoms with Crippen LogP contribution < -0.4 is 10.6 Å². The van der Waals surface area contributed by atoms with E-state index in [-0.39, 0.29) is 5.91 Å². The molecule has 0 aliphatic carbocycles. The number of aromatic nitrogens is 2. The van der Waals surface area contributed by atoms with E-state index in [1.165, 1.54) is 11.3 Å². The molecular formula is C20H24N4O3S. The number of amides is 2. The summed E-state index contributed by atoms with van der Waals surface area (Å²) in [5, 5.41) is 8.83. The Morgan fingerprint density at radius 1 is 1.29 bits per heavy atom. The maximum absolute atomic E-state index is 12.9. The van der Waals surface area contributed by atoms with Gasteiger partial charge in [0.15, 0.2) is 5.13 Å². The van der Waals surface area contributed by atoms with Gasteiger partial charge in [0.05, 0.1) is 5.69 Å². The fourth-order valence-electron chi connectivity index (χ4n) is 2.78. The normalized spacial score (nSPS) is 12.6. The Hall–Kier alpha value is -2.87. The van der Waals surface area contributed by atoms with Gasteiger partial charge < -0.3 is 20.4 Å². The van der Waals surface area contributed by atoms with E-state index in [9.17, 15) is 9.59 Å². The summed E-state index contributed by atoms with van der Waals surface area (Å²) in [6.07, 6.45) is 1.54. The Balaban J connectivity index is 1.80. The highest BCUT2D eigenvalue weighted by Crippen LogP contribution is 2.20. The van der Waals surface area contributed by atoms with Gasteiger partial charge in [-0.25, -0.2) is 9.78 Å². The number of hydrogen-bond donors (Lipinski definition) is 3. The molecule has 0 saturated heterocycles. The summed E-state index contributed by atoms with van der Waals surface area (Å²) in [5.74, 6) is -0.342. The van der Waals surface area contributed by atoms with Crippen molar-refractivity contribution in [2.45, 2.75) is 45.8 Å². The van der Waals surface area contributed by atoms with Gasteiger partial charge in [0.2, 0.25) is 5.91 Å². The average Bonchev–Trinajstić information content (AvgIpc) is 3.19. The lowest BCUT2D eigenvalue weighted by atomic mass is 10.0. The summed E-state index contributed by atoms with van der Waals surface area (Å²) in [4.78, 5) is 32.6. The number of anilines is 1. The number of nitrogens with one attached hydrogen (secondary N) is 3. The number of H-pyrrole nitrogens is 1. The molecule has 8 heteroatoms. The van der Waals surface area contributed by atoms with Crippen LogP contribution in [0.2, 0.25) is 0 Å². The lowest BCUT2D eigenvalue weighted by molar-refractivity contribution is -0.118. The van der Waals surface area contributed by atoms with E-state index in [2.05, 4.69) is 20.6 Å². The van der Waals surface area contributed by atoms with Gasteiger partial charge in [-0.05, 0) is 39.3 Å². The number of fused-ring (bicyclic) bond motifs is 1. The molecule has 2 amide bonds. The Morgan fingerprint density at radius 3 is 2.71 bits per heavy atom. The molecule has 148 valence electrons. The maximum atomic E-state index is 12.9. The molecule has 1 atom stereocenters. The predicted octanol–water partition coefficient (Wildman–Crippen LogP) is 4.01. The van der Waals surface area contributed by atoms with Crippen LogP contribution in [0.25, 0.3) is 10.9 Å². The Bertz CT molecular complexity index is 987. The van der Waals surface area contributed by atoms with Crippen LogP contribution in [0, 0.1) is 6.92 Å². The van der Waals surface area contributed by atoms with Crippen molar-refractivity contribution in [2.24, 2.45) is 0 Å². The second-order valence-corrected chi connectivity index (χ2v) is 8.40. The van der Waals surface area contributed by atoms with Crippen molar-refractivity contribution in [1.29, 1.82) is 0 Å². The third-order valence-electron chi connectivity index (χ3n) is 3.96. The third-order valence-corrected chi connectivity index (χ3v) is 4.83. The van der Waals surface area contributed by atoms with Gasteiger partial charge in [0.25, 0.3) is 0 Å². The number of aryl methyl sites for hydroxylation is 1. The van der Waals surface area contributed by atoms with E-state index in [1.54, 1.807) is 20.8 Å². The Labute approximate surface area is 167 Å². The van der Waals surface area contributed by atoms with Gasteiger partial charge in [-0.2, -0.15) is 0 Å². The van der Waals surface area contributed by atoms with Crippen molar-refractivity contribution in [3.05, 3.63) is 47.1 Å². The van der Waals surface area contributed by atoms with Crippen LogP contribution in [-0.4, -0.2) is 33.6 Å². The Kier molecular flexibility index (Phi) is 5.69. The summed E-state index contributed by atoms with van der Waals surface area (Å²) in [6, 6.07) is 7.02. The number of alkyl carbamates (subject to hydrolysis) is 1. The van der Waals surface area contributed by atoms with Gasteiger partial charge in [0.1, 0.15) is 11.6 Å². The summed E-state index contributed by atoms with van der Waals surface area (Å²) in [5.41, 5.74) is 2.08. The summed E-state index contributed by atoms with van der Waals surface area (Å²) in [6.45, 7) is 7.19. The second-order valence-electron chi connectivity index (χ2n) is 7.55. The zero-order valence-corrected chi connectivity index (χ0v) is 17.1. The number of ether oxygens (including phenoxy) is 1. The molecule has 0 fully saturated rings. The van der Waals surface area contributed by atoms with Crippen molar-refractivity contribution >= 4 is 39.4 Å². The molecule has 0 bridgehead atoms. The minimum atomic E-state index is -0.807. The zero-order valence-electron chi connectivity index (χ0n) is 16.3. The van der Waals surface area contributed by atoms with Crippen LogP contribution in [0.4, 0.5) is 9.93 Å². The molecular weight excluding hydrogens is 376 g/mol. The first-order chi connectivity index (χ1) is 13.2. The van der Waals surface area contributed by atoms with E-state index in [4.69, 9.17) is 4.74 Å². The molecule has 0 radical (unpaired) electrons. The molecule has 28 heavy (non-hydrogen) atoms. The predicted molar refractivity (Wildman–Crippen MR) is 111 cm³/mol. The zero-order chi connectivity index (χ0) is 20.3. The lowest BCUT2D eigenvalue weighted by Gasteiger charge is -2.23. The highest BCUT2D eigenvalue weighted by molar-refractivity contribution is 7.13. The number of thiazole rings is 1. The number of hydrogen-bond acceptors (Lipinski definition) is 5. The Morgan fingerprint density at radius 2 is 2.04 bits per heavy atom. The number of para-hydroxylation sites is 1. The first kappa shape index (κ1) is 19.9. The van der Waals surface area contributed by atoms with Crippen LogP contribution in [0.3, 0.4) is 0 Å². The fraction of sp³-hybridized carbons (Fsp3) is 0.350. The SMILES string of the molecule is Cc1csc(NC(=O)[C@H](Cc2c[nH]c3ccccc23)NC(=O)OC(C)(C)C)n1. The molecule has 3 N–H and O–H groups in total. The molecule has 2 heterocycles. The van der Waals surface area contributed by atoms with Crippen molar-refractivity contribution in [3.63, 3.8) is 0 Å². The minimum absolute atomic E-state index is 0.319. The number of nitrogens with zero attached hydrogens (tertiary/aromatic N) is 1. The van der Waals surface area contributed by atoms with E-state index < -0.39 is 17.7 Å². The van der Waals surface area contributed by atoms with Gasteiger partial charge in [-0.1, -0.05) is 18.2 Å². The van der Waals surface area contributed by atoms with E-state index >= 15 is 0 Å². The molecule has 0 aliphatic heterocycles. The molecule has 0 spiro atoms. The molecule has 1 aromatic carbocycles. The van der Waals surface area contributed by atoms with Crippen molar-refractivity contribution in [3.8, 4) is 0 Å². The highest BCUT2D eigenvalue weighted by Gasteiger charge is 2.26. The number of benzene rings is 1. The van der Waals surface area contributed by atoms with Crippen LogP contribution in [0.5, 0.6) is 0 Å².